The zero-order valence-electron chi connectivity index (χ0n) is 8.71. The summed E-state index contributed by atoms with van der Waals surface area (Å²) in [4.78, 5) is 13.9. The smallest absolute Gasteiger partial charge is 0.293 e. The van der Waals surface area contributed by atoms with Gasteiger partial charge in [-0.1, -0.05) is 11.6 Å². The molecular formula is C10H9ClFN3O. The third-order valence-corrected chi connectivity index (χ3v) is 2.59. The van der Waals surface area contributed by atoms with Crippen LogP contribution in [-0.2, 0) is 0 Å². The summed E-state index contributed by atoms with van der Waals surface area (Å²) in [7, 11) is 0. The maximum atomic E-state index is 13.6. The molecule has 1 heterocycles. The molecule has 6 heteroatoms. The Hall–Kier alpha value is -1.62. The van der Waals surface area contributed by atoms with Gasteiger partial charge in [-0.15, -0.1) is 0 Å². The van der Waals surface area contributed by atoms with Crippen molar-refractivity contribution >= 4 is 11.6 Å². The monoisotopic (exact) mass is 241 g/mol. The van der Waals surface area contributed by atoms with Crippen LogP contribution in [0, 0.1) is 19.7 Å². The molecule has 0 unspecified atom stereocenters. The molecule has 0 spiro atoms. The Morgan fingerprint density at radius 2 is 2.12 bits per heavy atom. The second-order valence-corrected chi connectivity index (χ2v) is 3.89. The lowest BCUT2D eigenvalue weighted by Gasteiger charge is -2.04. The molecule has 2 rings (SSSR count). The molecule has 0 fully saturated rings. The van der Waals surface area contributed by atoms with Gasteiger partial charge in [-0.2, -0.15) is 9.78 Å². The Labute approximate surface area is 95.7 Å². The van der Waals surface area contributed by atoms with Crippen LogP contribution in [0.4, 0.5) is 4.39 Å². The summed E-state index contributed by atoms with van der Waals surface area (Å²) in [5.74, 6) is -0.152. The molecule has 0 aliphatic heterocycles. The second kappa shape index (κ2) is 3.75. The predicted octanol–water partition coefficient (Wildman–Crippen LogP) is 1.97. The van der Waals surface area contributed by atoms with Crippen molar-refractivity contribution in [3.05, 3.63) is 44.8 Å². The molecule has 0 saturated carbocycles. The minimum atomic E-state index is -0.579. The first-order valence-electron chi connectivity index (χ1n) is 4.61. The third-order valence-electron chi connectivity index (χ3n) is 2.19. The summed E-state index contributed by atoms with van der Waals surface area (Å²) in [5.41, 5.74) is 0.306. The Balaban J connectivity index is 2.69. The molecule has 0 aliphatic rings. The number of benzene rings is 1. The molecule has 0 bridgehead atoms. The van der Waals surface area contributed by atoms with Crippen LogP contribution >= 0.6 is 11.6 Å². The van der Waals surface area contributed by atoms with Crippen molar-refractivity contribution in [3.63, 3.8) is 0 Å². The van der Waals surface area contributed by atoms with Crippen molar-refractivity contribution in [2.45, 2.75) is 13.8 Å². The normalized spacial score (nSPS) is 10.8. The van der Waals surface area contributed by atoms with E-state index in [4.69, 9.17) is 11.6 Å². The van der Waals surface area contributed by atoms with E-state index in [9.17, 15) is 9.18 Å². The first kappa shape index (κ1) is 10.9. The lowest BCUT2D eigenvalue weighted by molar-refractivity contribution is 0.607. The minimum Gasteiger partial charge on any atom is -0.293 e. The van der Waals surface area contributed by atoms with Gasteiger partial charge in [0, 0.05) is 5.02 Å². The molecule has 0 atom stereocenters. The summed E-state index contributed by atoms with van der Waals surface area (Å²) in [6.07, 6.45) is 0. The molecule has 4 nitrogen and oxygen atoms in total. The number of H-pyrrole nitrogens is 1. The second-order valence-electron chi connectivity index (χ2n) is 3.48. The number of halogens is 2. The van der Waals surface area contributed by atoms with Crippen molar-refractivity contribution in [2.75, 3.05) is 0 Å². The number of rotatable bonds is 1. The molecule has 0 saturated heterocycles. The molecule has 1 N–H and O–H groups in total. The van der Waals surface area contributed by atoms with E-state index in [2.05, 4.69) is 10.1 Å². The van der Waals surface area contributed by atoms with Gasteiger partial charge in [0.05, 0.1) is 0 Å². The quantitative estimate of drug-likeness (QED) is 0.830. The van der Waals surface area contributed by atoms with Crippen LogP contribution < -0.4 is 5.69 Å². The number of nitrogens with zero attached hydrogens (tertiary/aromatic N) is 2. The first-order chi connectivity index (χ1) is 7.49. The highest BCUT2D eigenvalue weighted by atomic mass is 35.5. The Kier molecular flexibility index (Phi) is 2.55. The molecule has 1 aromatic heterocycles. The van der Waals surface area contributed by atoms with Crippen molar-refractivity contribution < 1.29 is 4.39 Å². The van der Waals surface area contributed by atoms with E-state index in [-0.39, 0.29) is 5.69 Å². The van der Waals surface area contributed by atoms with E-state index in [1.807, 2.05) is 0 Å². The maximum absolute atomic E-state index is 13.6. The zero-order valence-corrected chi connectivity index (χ0v) is 9.47. The van der Waals surface area contributed by atoms with Crippen molar-refractivity contribution in [3.8, 4) is 5.69 Å². The fourth-order valence-electron chi connectivity index (χ4n) is 1.40. The molecule has 0 amide bonds. The summed E-state index contributed by atoms with van der Waals surface area (Å²) in [6.45, 7) is 3.36. The lowest BCUT2D eigenvalue weighted by Crippen LogP contribution is -2.17. The number of aromatic nitrogens is 3. The summed E-state index contributed by atoms with van der Waals surface area (Å²) in [6, 6.07) is 2.65. The van der Waals surface area contributed by atoms with Gasteiger partial charge in [-0.05, 0) is 31.5 Å². The van der Waals surface area contributed by atoms with Crippen LogP contribution in [0.2, 0.25) is 5.02 Å². The number of aromatic amines is 1. The summed E-state index contributed by atoms with van der Waals surface area (Å²) < 4.78 is 14.6. The average Bonchev–Trinajstić information content (AvgIpc) is 2.51. The Morgan fingerprint density at radius 1 is 1.44 bits per heavy atom. The van der Waals surface area contributed by atoms with Gasteiger partial charge in [-0.3, -0.25) is 4.98 Å². The third kappa shape index (κ3) is 1.74. The van der Waals surface area contributed by atoms with Gasteiger partial charge < -0.3 is 0 Å². The SMILES string of the molecule is Cc1nn(-c2cc(C)c(Cl)cc2F)c(=O)[nH]1. The topological polar surface area (TPSA) is 50.7 Å². The number of hydrogen-bond donors (Lipinski definition) is 1. The fourth-order valence-corrected chi connectivity index (χ4v) is 1.55. The summed E-state index contributed by atoms with van der Waals surface area (Å²) in [5, 5.41) is 4.20. The number of nitrogens with one attached hydrogen (secondary N) is 1. The fraction of sp³-hybridized carbons (Fsp3) is 0.200. The molecule has 0 radical (unpaired) electrons. The largest absolute Gasteiger partial charge is 0.348 e. The molecule has 2 aromatic rings. The highest BCUT2D eigenvalue weighted by Crippen LogP contribution is 2.21. The van der Waals surface area contributed by atoms with E-state index in [1.165, 1.54) is 12.1 Å². The summed E-state index contributed by atoms with van der Waals surface area (Å²) >= 11 is 5.76. The highest BCUT2D eigenvalue weighted by Gasteiger charge is 2.11. The van der Waals surface area contributed by atoms with Crippen LogP contribution in [0.1, 0.15) is 11.4 Å². The van der Waals surface area contributed by atoms with E-state index >= 15 is 0 Å². The van der Waals surface area contributed by atoms with Crippen molar-refractivity contribution in [2.24, 2.45) is 0 Å². The Bertz CT molecular complexity index is 603. The predicted molar refractivity (Wildman–Crippen MR) is 58.6 cm³/mol. The molecule has 16 heavy (non-hydrogen) atoms. The highest BCUT2D eigenvalue weighted by molar-refractivity contribution is 6.31. The van der Waals surface area contributed by atoms with E-state index in [0.717, 1.165) is 4.68 Å². The van der Waals surface area contributed by atoms with Crippen LogP contribution in [0.5, 0.6) is 0 Å². The average molecular weight is 242 g/mol. The van der Waals surface area contributed by atoms with Crippen LogP contribution in [0.25, 0.3) is 5.69 Å². The minimum absolute atomic E-state index is 0.0938. The molecule has 1 aromatic carbocycles. The van der Waals surface area contributed by atoms with Crippen LogP contribution in [-0.4, -0.2) is 14.8 Å². The van der Waals surface area contributed by atoms with Gasteiger partial charge >= 0.3 is 5.69 Å². The van der Waals surface area contributed by atoms with Crippen LogP contribution in [0.15, 0.2) is 16.9 Å². The van der Waals surface area contributed by atoms with Gasteiger partial charge in [-0.25, -0.2) is 9.18 Å². The molecule has 0 aliphatic carbocycles. The maximum Gasteiger partial charge on any atom is 0.348 e. The van der Waals surface area contributed by atoms with Crippen molar-refractivity contribution in [1.29, 1.82) is 0 Å². The standard InChI is InChI=1S/C10H9ClFN3O/c1-5-3-9(8(12)4-7(5)11)15-10(16)13-6(2)14-15/h3-4H,1-2H3,(H,13,14,16). The van der Waals surface area contributed by atoms with Gasteiger partial charge in [0.15, 0.2) is 5.82 Å². The van der Waals surface area contributed by atoms with Crippen LogP contribution in [0.3, 0.4) is 0 Å². The lowest BCUT2D eigenvalue weighted by atomic mass is 10.2. The van der Waals surface area contributed by atoms with Gasteiger partial charge in [0.2, 0.25) is 0 Å². The molecule has 84 valence electrons. The first-order valence-corrected chi connectivity index (χ1v) is 4.99. The molecular weight excluding hydrogens is 233 g/mol. The number of hydrogen-bond acceptors (Lipinski definition) is 2. The van der Waals surface area contributed by atoms with E-state index in [0.29, 0.717) is 16.4 Å². The number of aryl methyl sites for hydroxylation is 2. The Morgan fingerprint density at radius 3 is 2.69 bits per heavy atom. The van der Waals surface area contributed by atoms with Gasteiger partial charge in [0.1, 0.15) is 11.5 Å². The zero-order chi connectivity index (χ0) is 11.9. The van der Waals surface area contributed by atoms with E-state index in [1.54, 1.807) is 13.8 Å². The van der Waals surface area contributed by atoms with Gasteiger partial charge in [0.25, 0.3) is 0 Å². The van der Waals surface area contributed by atoms with E-state index < -0.39 is 11.5 Å². The van der Waals surface area contributed by atoms with Crippen molar-refractivity contribution in [1.82, 2.24) is 14.8 Å².